The van der Waals surface area contributed by atoms with Crippen molar-refractivity contribution in [3.05, 3.63) is 53.3 Å². The van der Waals surface area contributed by atoms with Crippen molar-refractivity contribution in [3.63, 3.8) is 0 Å². The molecule has 4 rings (SSSR count). The van der Waals surface area contributed by atoms with E-state index in [1.54, 1.807) is 19.4 Å². The van der Waals surface area contributed by atoms with Crippen LogP contribution in [0.25, 0.3) is 0 Å². The summed E-state index contributed by atoms with van der Waals surface area (Å²) in [5.74, 6) is 1.51. The maximum absolute atomic E-state index is 13.2. The molecule has 0 radical (unpaired) electrons. The lowest BCUT2D eigenvalue weighted by molar-refractivity contribution is 0.0713. The number of anilines is 1. The van der Waals surface area contributed by atoms with E-state index in [0.29, 0.717) is 23.3 Å². The van der Waals surface area contributed by atoms with Crippen molar-refractivity contribution >= 4 is 11.9 Å². The van der Waals surface area contributed by atoms with E-state index in [9.17, 15) is 4.79 Å². The molecule has 3 atom stereocenters. The topological polar surface area (TPSA) is 70.2 Å². The van der Waals surface area contributed by atoms with Gasteiger partial charge in [-0.1, -0.05) is 24.3 Å². The normalized spacial score (nSPS) is 25.0. The predicted molar refractivity (Wildman–Crippen MR) is 96.4 cm³/mol. The first-order chi connectivity index (χ1) is 12.2. The number of fused-ring (bicyclic) bond motifs is 1. The van der Waals surface area contributed by atoms with E-state index in [2.05, 4.69) is 51.8 Å². The van der Waals surface area contributed by atoms with Crippen molar-refractivity contribution in [3.8, 4) is 0 Å². The molecule has 2 fully saturated rings. The molecular formula is C19H23N5O. The van der Waals surface area contributed by atoms with Gasteiger partial charge in [-0.15, -0.1) is 0 Å². The van der Waals surface area contributed by atoms with E-state index in [0.717, 1.165) is 19.6 Å². The predicted octanol–water partition coefficient (Wildman–Crippen LogP) is 1.86. The van der Waals surface area contributed by atoms with Gasteiger partial charge in [0.25, 0.3) is 5.91 Å². The van der Waals surface area contributed by atoms with Gasteiger partial charge >= 0.3 is 0 Å². The second-order valence-corrected chi connectivity index (χ2v) is 6.89. The van der Waals surface area contributed by atoms with Gasteiger partial charge in [-0.3, -0.25) is 4.79 Å². The van der Waals surface area contributed by atoms with Crippen LogP contribution in [-0.2, 0) is 0 Å². The third-order valence-corrected chi connectivity index (χ3v) is 5.45. The molecule has 6 heteroatoms. The average molecular weight is 337 g/mol. The van der Waals surface area contributed by atoms with Crippen molar-refractivity contribution in [1.82, 2.24) is 20.2 Å². The van der Waals surface area contributed by atoms with Crippen molar-refractivity contribution in [2.75, 3.05) is 32.0 Å². The molecule has 130 valence electrons. The van der Waals surface area contributed by atoms with E-state index >= 15 is 0 Å². The quantitative estimate of drug-likeness (QED) is 0.895. The molecule has 2 aliphatic rings. The van der Waals surface area contributed by atoms with Crippen LogP contribution >= 0.6 is 0 Å². The second kappa shape index (κ2) is 6.44. The van der Waals surface area contributed by atoms with Crippen LogP contribution in [0.15, 0.2) is 36.7 Å². The second-order valence-electron chi connectivity index (χ2n) is 6.89. The lowest BCUT2D eigenvalue weighted by Gasteiger charge is -2.29. The Balaban J connectivity index is 1.69. The Morgan fingerprint density at radius 2 is 2.00 bits per heavy atom. The Morgan fingerprint density at radius 1 is 1.24 bits per heavy atom. The van der Waals surface area contributed by atoms with Crippen LogP contribution < -0.4 is 10.6 Å². The fraction of sp³-hybridized carbons (Fsp3) is 0.421. The molecule has 0 saturated carbocycles. The van der Waals surface area contributed by atoms with E-state index < -0.39 is 0 Å². The van der Waals surface area contributed by atoms with E-state index in [4.69, 9.17) is 0 Å². The van der Waals surface area contributed by atoms with Crippen molar-refractivity contribution in [2.24, 2.45) is 11.8 Å². The molecule has 6 nitrogen and oxygen atoms in total. The number of aromatic nitrogens is 2. The molecule has 1 aromatic heterocycles. The third-order valence-electron chi connectivity index (χ3n) is 5.45. The van der Waals surface area contributed by atoms with Gasteiger partial charge in [-0.25, -0.2) is 9.97 Å². The first kappa shape index (κ1) is 16.0. The Morgan fingerprint density at radius 3 is 2.72 bits per heavy atom. The largest absolute Gasteiger partial charge is 0.357 e. The van der Waals surface area contributed by atoms with Crippen molar-refractivity contribution in [2.45, 2.75) is 13.0 Å². The number of hydrogen-bond donors (Lipinski definition) is 2. The highest BCUT2D eigenvalue weighted by Gasteiger charge is 2.47. The minimum Gasteiger partial charge on any atom is -0.357 e. The monoisotopic (exact) mass is 337 g/mol. The standard InChI is InChI=1S/C19H23N5O/c1-12-5-3-4-6-15(12)17-16-10-21-7-14(16)11-24(17)18(25)13-8-22-19(20-2)23-9-13/h3-6,8-9,14,16-17,21H,7,10-11H2,1-2H3,(H,20,22,23)/t14-,16-,17-/m0/s1. The molecule has 1 aromatic carbocycles. The SMILES string of the molecule is CNc1ncc(C(=O)N2C[C@@H]3CNC[C@@H]3[C@@H]2c2ccccc2C)cn1. The van der Waals surface area contributed by atoms with Crippen molar-refractivity contribution in [1.29, 1.82) is 0 Å². The van der Waals surface area contributed by atoms with Crippen LogP contribution in [0.5, 0.6) is 0 Å². The van der Waals surface area contributed by atoms with Gasteiger partial charge in [0.1, 0.15) is 0 Å². The number of carbonyl (C=O) groups is 1. The summed E-state index contributed by atoms with van der Waals surface area (Å²) in [6.07, 6.45) is 3.23. The van der Waals surface area contributed by atoms with E-state index in [-0.39, 0.29) is 11.9 Å². The Bertz CT molecular complexity index is 776. The van der Waals surface area contributed by atoms with Gasteiger partial charge in [0.15, 0.2) is 0 Å². The van der Waals surface area contributed by atoms with Crippen LogP contribution in [0, 0.1) is 18.8 Å². The minimum atomic E-state index is 0.0188. The van der Waals surface area contributed by atoms with Crippen LogP contribution in [0.2, 0.25) is 0 Å². The lowest BCUT2D eigenvalue weighted by atomic mass is 9.87. The number of rotatable bonds is 3. The maximum atomic E-state index is 13.2. The van der Waals surface area contributed by atoms with Gasteiger partial charge in [-0.2, -0.15) is 0 Å². The molecule has 0 unspecified atom stereocenters. The molecule has 0 bridgehead atoms. The highest BCUT2D eigenvalue weighted by atomic mass is 16.2. The van der Waals surface area contributed by atoms with Gasteiger partial charge in [-0.05, 0) is 24.0 Å². The zero-order valence-corrected chi connectivity index (χ0v) is 14.6. The summed E-state index contributed by atoms with van der Waals surface area (Å²) in [6.45, 7) is 4.84. The lowest BCUT2D eigenvalue weighted by Crippen LogP contribution is -2.35. The van der Waals surface area contributed by atoms with Crippen LogP contribution in [0.1, 0.15) is 27.5 Å². The summed E-state index contributed by atoms with van der Waals surface area (Å²) >= 11 is 0. The van der Waals surface area contributed by atoms with Gasteiger partial charge in [0.2, 0.25) is 5.95 Å². The van der Waals surface area contributed by atoms with Crippen molar-refractivity contribution < 1.29 is 4.79 Å². The first-order valence-corrected chi connectivity index (χ1v) is 8.76. The van der Waals surface area contributed by atoms with Crippen LogP contribution in [-0.4, -0.2) is 47.5 Å². The minimum absolute atomic E-state index is 0.0188. The maximum Gasteiger partial charge on any atom is 0.257 e. The summed E-state index contributed by atoms with van der Waals surface area (Å²) < 4.78 is 0. The third kappa shape index (κ3) is 2.76. The van der Waals surface area contributed by atoms with Crippen LogP contribution in [0.4, 0.5) is 5.95 Å². The molecule has 2 aromatic rings. The van der Waals surface area contributed by atoms with Crippen LogP contribution in [0.3, 0.4) is 0 Å². The summed E-state index contributed by atoms with van der Waals surface area (Å²) in [7, 11) is 1.76. The number of benzene rings is 1. The number of carbonyl (C=O) groups excluding carboxylic acids is 1. The first-order valence-electron chi connectivity index (χ1n) is 8.76. The molecule has 0 spiro atoms. The fourth-order valence-electron chi connectivity index (χ4n) is 4.18. The summed E-state index contributed by atoms with van der Waals surface area (Å²) in [6, 6.07) is 8.50. The number of hydrogen-bond acceptors (Lipinski definition) is 5. The van der Waals surface area contributed by atoms with E-state index in [1.165, 1.54) is 11.1 Å². The molecule has 2 aliphatic heterocycles. The van der Waals surface area contributed by atoms with Gasteiger partial charge in [0.05, 0.1) is 11.6 Å². The molecule has 0 aliphatic carbocycles. The Hall–Kier alpha value is -2.47. The zero-order valence-electron chi connectivity index (χ0n) is 14.6. The molecule has 3 heterocycles. The number of amides is 1. The summed E-state index contributed by atoms with van der Waals surface area (Å²) in [5.41, 5.74) is 3.03. The van der Waals surface area contributed by atoms with Gasteiger partial charge < -0.3 is 15.5 Å². The highest BCUT2D eigenvalue weighted by Crippen LogP contribution is 2.44. The molecule has 25 heavy (non-hydrogen) atoms. The number of nitrogens with one attached hydrogen (secondary N) is 2. The molecule has 2 N–H and O–H groups in total. The Labute approximate surface area is 147 Å². The molecule has 1 amide bonds. The Kier molecular flexibility index (Phi) is 4.13. The van der Waals surface area contributed by atoms with Gasteiger partial charge in [0, 0.05) is 45.0 Å². The number of likely N-dealkylation sites (tertiary alicyclic amines) is 1. The smallest absolute Gasteiger partial charge is 0.257 e. The van der Waals surface area contributed by atoms with E-state index in [1.807, 2.05) is 4.90 Å². The number of aryl methyl sites for hydroxylation is 1. The summed E-state index contributed by atoms with van der Waals surface area (Å²) in [5, 5.41) is 6.37. The number of nitrogens with zero attached hydrogens (tertiary/aromatic N) is 3. The molecule has 2 saturated heterocycles. The fourth-order valence-corrected chi connectivity index (χ4v) is 4.18. The average Bonchev–Trinajstić information content (AvgIpc) is 3.23. The molecular weight excluding hydrogens is 314 g/mol. The zero-order chi connectivity index (χ0) is 17.4. The highest BCUT2D eigenvalue weighted by molar-refractivity contribution is 5.94. The summed E-state index contributed by atoms with van der Waals surface area (Å²) in [4.78, 5) is 23.6.